The summed E-state index contributed by atoms with van der Waals surface area (Å²) in [6, 6.07) is 0. The normalized spacial score (nSPS) is 45.0. The molecule has 0 aromatic carbocycles. The molecule has 4 rings (SSSR count). The van der Waals surface area contributed by atoms with E-state index in [0.29, 0.717) is 17.3 Å². The van der Waals surface area contributed by atoms with E-state index in [4.69, 9.17) is 0 Å². The fraction of sp³-hybridized carbons (Fsp3) is 0.862. The Kier molecular flexibility index (Phi) is 6.35. The summed E-state index contributed by atoms with van der Waals surface area (Å²) in [7, 11) is 0. The summed E-state index contributed by atoms with van der Waals surface area (Å²) in [5, 5.41) is 11.1. The predicted octanol–water partition coefficient (Wildman–Crippen LogP) is 7.94. The van der Waals surface area contributed by atoms with E-state index in [1.807, 2.05) is 0 Å². The minimum absolute atomic E-state index is 0.0715. The molecule has 9 atom stereocenters. The van der Waals surface area contributed by atoms with Gasteiger partial charge in [-0.25, -0.2) is 0 Å². The third kappa shape index (κ3) is 3.46. The smallest absolute Gasteiger partial charge is 0.0633 e. The van der Waals surface area contributed by atoms with E-state index < -0.39 is 0 Å². The predicted molar refractivity (Wildman–Crippen MR) is 128 cm³/mol. The zero-order chi connectivity index (χ0) is 21.7. The van der Waals surface area contributed by atoms with Crippen molar-refractivity contribution in [2.45, 2.75) is 111 Å². The Morgan fingerprint density at radius 1 is 1.17 bits per heavy atom. The van der Waals surface area contributed by atoms with Crippen LogP contribution in [0.1, 0.15) is 105 Å². The summed E-state index contributed by atoms with van der Waals surface area (Å²) in [6.07, 6.45) is 16.7. The lowest BCUT2D eigenvalue weighted by molar-refractivity contribution is -0.0930. The zero-order valence-corrected chi connectivity index (χ0v) is 20.6. The van der Waals surface area contributed by atoms with Gasteiger partial charge in [0.05, 0.1) is 6.10 Å². The molecule has 0 aromatic rings. The molecule has 0 bridgehead atoms. The van der Waals surface area contributed by atoms with Gasteiger partial charge in [-0.15, -0.1) is 0 Å². The SMILES string of the molecule is C=C(C)C(CC)CC[C@@H](C)[C@H]1CC[C@H]2[C@@H]3CC=C4CCCC(O)[C@]4(C)[C@H]3CC[C@]12C. The van der Waals surface area contributed by atoms with Gasteiger partial charge >= 0.3 is 0 Å². The molecule has 170 valence electrons. The van der Waals surface area contributed by atoms with Crippen molar-refractivity contribution >= 4 is 0 Å². The summed E-state index contributed by atoms with van der Waals surface area (Å²) in [5.41, 5.74) is 3.58. The molecule has 1 nitrogen and oxygen atoms in total. The Hall–Kier alpha value is -0.560. The van der Waals surface area contributed by atoms with Crippen LogP contribution in [0.3, 0.4) is 0 Å². The molecular weight excluding hydrogens is 364 g/mol. The lowest BCUT2D eigenvalue weighted by Gasteiger charge is -2.59. The highest BCUT2D eigenvalue weighted by Gasteiger charge is 2.60. The van der Waals surface area contributed by atoms with Crippen molar-refractivity contribution in [2.24, 2.45) is 46.3 Å². The molecular formula is C29H48O. The third-order valence-electron chi connectivity index (χ3n) is 11.1. The van der Waals surface area contributed by atoms with Crippen LogP contribution in [0.15, 0.2) is 23.8 Å². The van der Waals surface area contributed by atoms with Crippen LogP contribution in [0.4, 0.5) is 0 Å². The van der Waals surface area contributed by atoms with Crippen molar-refractivity contribution in [3.8, 4) is 0 Å². The van der Waals surface area contributed by atoms with E-state index >= 15 is 0 Å². The first-order valence-electron chi connectivity index (χ1n) is 13.3. The molecule has 3 fully saturated rings. The average molecular weight is 413 g/mol. The summed E-state index contributed by atoms with van der Waals surface area (Å²) in [4.78, 5) is 0. The van der Waals surface area contributed by atoms with Crippen LogP contribution in [0.5, 0.6) is 0 Å². The quantitative estimate of drug-likeness (QED) is 0.439. The van der Waals surface area contributed by atoms with Gasteiger partial charge in [0, 0.05) is 5.41 Å². The first-order valence-corrected chi connectivity index (χ1v) is 13.3. The molecule has 0 heterocycles. The molecule has 30 heavy (non-hydrogen) atoms. The molecule has 2 unspecified atom stereocenters. The van der Waals surface area contributed by atoms with E-state index in [-0.39, 0.29) is 11.5 Å². The van der Waals surface area contributed by atoms with Crippen LogP contribution >= 0.6 is 0 Å². The van der Waals surface area contributed by atoms with Gasteiger partial charge in [-0.2, -0.15) is 0 Å². The number of aliphatic hydroxyl groups excluding tert-OH is 1. The molecule has 0 aliphatic heterocycles. The Labute approximate surface area is 186 Å². The van der Waals surface area contributed by atoms with Gasteiger partial charge in [0.15, 0.2) is 0 Å². The van der Waals surface area contributed by atoms with Gasteiger partial charge in [0.1, 0.15) is 0 Å². The number of hydrogen-bond donors (Lipinski definition) is 1. The molecule has 0 spiro atoms. The maximum atomic E-state index is 11.1. The summed E-state index contributed by atoms with van der Waals surface area (Å²) in [5.74, 6) is 4.82. The molecule has 4 aliphatic carbocycles. The van der Waals surface area contributed by atoms with Crippen LogP contribution in [0.25, 0.3) is 0 Å². The minimum Gasteiger partial charge on any atom is -0.392 e. The van der Waals surface area contributed by atoms with Gasteiger partial charge in [0.2, 0.25) is 0 Å². The van der Waals surface area contributed by atoms with Gasteiger partial charge in [-0.1, -0.05) is 51.5 Å². The molecule has 0 radical (unpaired) electrons. The summed E-state index contributed by atoms with van der Waals surface area (Å²) in [6.45, 7) is 16.4. The number of fused-ring (bicyclic) bond motifs is 5. The second-order valence-electron chi connectivity index (χ2n) is 12.3. The van der Waals surface area contributed by atoms with E-state index in [1.54, 1.807) is 5.57 Å². The highest BCUT2D eigenvalue weighted by molar-refractivity contribution is 5.26. The van der Waals surface area contributed by atoms with Crippen LogP contribution < -0.4 is 0 Å². The fourth-order valence-electron chi connectivity index (χ4n) is 9.15. The molecule has 1 N–H and O–H groups in total. The van der Waals surface area contributed by atoms with Gasteiger partial charge in [-0.05, 0) is 118 Å². The highest BCUT2D eigenvalue weighted by atomic mass is 16.3. The molecule has 4 aliphatic rings. The summed E-state index contributed by atoms with van der Waals surface area (Å²) < 4.78 is 0. The highest BCUT2D eigenvalue weighted by Crippen LogP contribution is 2.67. The largest absolute Gasteiger partial charge is 0.392 e. The van der Waals surface area contributed by atoms with E-state index in [1.165, 1.54) is 69.8 Å². The van der Waals surface area contributed by atoms with Crippen molar-refractivity contribution in [3.05, 3.63) is 23.8 Å². The molecule has 0 saturated heterocycles. The first-order chi connectivity index (χ1) is 14.2. The lowest BCUT2D eigenvalue weighted by atomic mass is 9.46. The molecule has 1 heteroatoms. The minimum atomic E-state index is -0.112. The van der Waals surface area contributed by atoms with Gasteiger partial charge in [0.25, 0.3) is 0 Å². The average Bonchev–Trinajstić information content (AvgIpc) is 3.06. The Balaban J connectivity index is 1.50. The third-order valence-corrected chi connectivity index (χ3v) is 11.1. The van der Waals surface area contributed by atoms with Gasteiger partial charge < -0.3 is 5.11 Å². The lowest BCUT2D eigenvalue weighted by Crippen LogP contribution is -2.54. The first kappa shape index (κ1) is 22.6. The van der Waals surface area contributed by atoms with Gasteiger partial charge in [-0.3, -0.25) is 0 Å². The van der Waals surface area contributed by atoms with Crippen molar-refractivity contribution in [1.82, 2.24) is 0 Å². The van der Waals surface area contributed by atoms with Crippen molar-refractivity contribution < 1.29 is 5.11 Å². The summed E-state index contributed by atoms with van der Waals surface area (Å²) >= 11 is 0. The fourth-order valence-corrected chi connectivity index (χ4v) is 9.15. The molecule has 3 saturated carbocycles. The number of aliphatic hydroxyl groups is 1. The maximum absolute atomic E-state index is 11.1. The van der Waals surface area contributed by atoms with Crippen LogP contribution in [-0.2, 0) is 0 Å². The van der Waals surface area contributed by atoms with Crippen molar-refractivity contribution in [2.75, 3.05) is 0 Å². The second kappa shape index (κ2) is 8.42. The Bertz CT molecular complexity index is 676. The zero-order valence-electron chi connectivity index (χ0n) is 20.6. The van der Waals surface area contributed by atoms with E-state index in [9.17, 15) is 5.11 Å². The Morgan fingerprint density at radius 2 is 1.93 bits per heavy atom. The van der Waals surface area contributed by atoms with E-state index in [0.717, 1.165) is 30.1 Å². The number of hydrogen-bond acceptors (Lipinski definition) is 1. The number of rotatable bonds is 6. The molecule has 0 aromatic heterocycles. The van der Waals surface area contributed by atoms with E-state index in [2.05, 4.69) is 47.3 Å². The Morgan fingerprint density at radius 3 is 2.63 bits per heavy atom. The molecule has 0 amide bonds. The standard InChI is InChI=1S/C29H48O/c1-7-21(19(2)3)12-11-20(4)24-15-16-25-23-14-13-22-9-8-10-27(30)29(22,6)26(23)17-18-28(24,25)5/h13,20-21,23-27,30H,2,7-12,14-18H2,1,3-6H3/t20-,21?,23+,24-,25+,26+,27?,28-,29+/m1/s1. The van der Waals surface area contributed by atoms with Crippen LogP contribution in [-0.4, -0.2) is 11.2 Å². The second-order valence-corrected chi connectivity index (χ2v) is 12.3. The van der Waals surface area contributed by atoms with Crippen LogP contribution in [0, 0.1) is 46.3 Å². The topological polar surface area (TPSA) is 20.2 Å². The monoisotopic (exact) mass is 412 g/mol. The van der Waals surface area contributed by atoms with Crippen LogP contribution in [0.2, 0.25) is 0 Å². The number of allylic oxidation sites excluding steroid dienone is 2. The van der Waals surface area contributed by atoms with Crippen molar-refractivity contribution in [3.63, 3.8) is 0 Å². The maximum Gasteiger partial charge on any atom is 0.0633 e. The van der Waals surface area contributed by atoms with Crippen molar-refractivity contribution in [1.29, 1.82) is 0 Å².